The Morgan fingerprint density at radius 2 is 1.34 bits per heavy atom. The standard InChI is InChI=1S/C26H26N4O4.C13H12ClNO5.C13H19N3O/c1-3-5-6-10-29-14-27-18-8-7-9-19-21(18)23(29)15-12-30-20(22(15)28-19)11-17-16(24(30)31)13-34-25(32)26(17,33)4-2;1-2-13(19)7-3-9-10(16)8(14)4-15(9)11(17)6(7)5-20-12(13)18;1-2-3-4-8-16-9-15-11-7-5-6-10(14)12(11)13(16)17/h7-9,11,14,33H,3-6,10,12-13H2,1-2H3;3,8,19H,2,4-5H2,1H3;5-7,9,13,17H,2-4,8,14H2,1H3/t26-;8?,13-;/m00./s1. The zero-order valence-corrected chi connectivity index (χ0v) is 40.9. The molecular weight excluding hydrogens is 932 g/mol. The van der Waals surface area contributed by atoms with Gasteiger partial charge in [0.05, 0.1) is 81.9 Å². The van der Waals surface area contributed by atoms with E-state index in [2.05, 4.69) is 28.7 Å². The summed E-state index contributed by atoms with van der Waals surface area (Å²) in [6.07, 6.45) is 9.77. The fourth-order valence-corrected chi connectivity index (χ4v) is 10.4. The number of benzene rings is 2. The van der Waals surface area contributed by atoms with Gasteiger partial charge >= 0.3 is 11.9 Å². The van der Waals surface area contributed by atoms with Gasteiger partial charge in [0.1, 0.15) is 18.6 Å². The van der Waals surface area contributed by atoms with Crippen molar-refractivity contribution in [1.82, 2.24) is 19.0 Å². The van der Waals surface area contributed by atoms with Gasteiger partial charge in [0.2, 0.25) is 0 Å². The average Bonchev–Trinajstić information content (AvgIpc) is 3.89. The molecule has 3 aromatic heterocycles. The summed E-state index contributed by atoms with van der Waals surface area (Å²) in [5.41, 5.74) is 9.79. The van der Waals surface area contributed by atoms with E-state index in [0.717, 1.165) is 84.3 Å². The van der Waals surface area contributed by atoms with Crippen molar-refractivity contribution >= 4 is 75.7 Å². The number of ketones is 1. The molecule has 19 heteroatoms. The number of esters is 2. The summed E-state index contributed by atoms with van der Waals surface area (Å²) in [7, 11) is 0. The van der Waals surface area contributed by atoms with E-state index in [9.17, 15) is 39.3 Å². The number of aromatic nitrogens is 3. The lowest BCUT2D eigenvalue weighted by Crippen LogP contribution is -2.44. The molecule has 18 nitrogen and oxygen atoms in total. The summed E-state index contributed by atoms with van der Waals surface area (Å²) in [5.74, 6) is -1.89. The monoisotopic (exact) mass is 988 g/mol. The second kappa shape index (κ2) is 19.5. The fraction of sp³-hybridized carbons (Fsp3) is 0.423. The summed E-state index contributed by atoms with van der Waals surface area (Å²) in [5, 5.41) is 32.0. The minimum Gasteiger partial charge on any atom is -0.458 e. The number of aliphatic hydroxyl groups excluding tert-OH is 1. The molecule has 2 aromatic carbocycles. The number of alkyl halides is 1. The van der Waals surface area contributed by atoms with Crippen molar-refractivity contribution in [2.24, 2.45) is 9.98 Å². The molecule has 71 heavy (non-hydrogen) atoms. The fourth-order valence-electron chi connectivity index (χ4n) is 10.1. The van der Waals surface area contributed by atoms with E-state index in [-0.39, 0.29) is 60.8 Å². The van der Waals surface area contributed by atoms with Crippen LogP contribution in [0.15, 0.2) is 68.1 Å². The molecule has 2 unspecified atom stereocenters. The molecule has 11 rings (SSSR count). The first-order valence-corrected chi connectivity index (χ1v) is 24.7. The van der Waals surface area contributed by atoms with Gasteiger partial charge in [-0.15, -0.1) is 11.6 Å². The minimum atomic E-state index is -1.88. The molecule has 0 fully saturated rings. The number of cyclic esters (lactones) is 2. The number of pyridine rings is 3. The number of hydrogen-bond donors (Lipinski definition) is 4. The third kappa shape index (κ3) is 8.29. The number of rotatable bonds is 10. The first-order valence-electron chi connectivity index (χ1n) is 24.3. The van der Waals surface area contributed by atoms with E-state index in [1.165, 1.54) is 17.1 Å². The van der Waals surface area contributed by atoms with Crippen LogP contribution in [-0.2, 0) is 56.6 Å². The molecule has 0 saturated carbocycles. The van der Waals surface area contributed by atoms with E-state index in [0.29, 0.717) is 34.7 Å². The van der Waals surface area contributed by atoms with Crippen molar-refractivity contribution in [3.8, 4) is 11.4 Å². The number of unbranched alkanes of at least 4 members (excludes halogenated alkanes) is 4. The molecule has 5 aromatic rings. The predicted molar refractivity (Wildman–Crippen MR) is 268 cm³/mol. The number of Topliss-reactive ketones (excluding diaryl/α,β-unsaturated/α-hetero) is 1. The second-order valence-electron chi connectivity index (χ2n) is 18.5. The highest BCUT2D eigenvalue weighted by molar-refractivity contribution is 6.34. The lowest BCUT2D eigenvalue weighted by Gasteiger charge is -2.31. The lowest BCUT2D eigenvalue weighted by atomic mass is 9.86. The van der Waals surface area contributed by atoms with Crippen LogP contribution in [0.25, 0.3) is 22.3 Å². The minimum absolute atomic E-state index is 0.0558. The molecule has 5 N–H and O–H groups in total. The number of nitrogen functional groups attached to an aromatic ring is 1. The van der Waals surface area contributed by atoms with Gasteiger partial charge in [0, 0.05) is 41.0 Å². The van der Waals surface area contributed by atoms with Crippen LogP contribution >= 0.6 is 11.6 Å². The predicted octanol–water partition coefficient (Wildman–Crippen LogP) is 6.48. The number of nitrogens with zero attached hydrogens (tertiary/aromatic N) is 7. The Balaban J connectivity index is 0.000000144. The molecule has 0 saturated heterocycles. The first kappa shape index (κ1) is 49.3. The van der Waals surface area contributed by atoms with Crippen LogP contribution in [0, 0.1) is 0 Å². The number of carbonyl (C=O) groups excluding carboxylic acids is 3. The highest BCUT2D eigenvalue weighted by Gasteiger charge is 2.47. The number of anilines is 2. The average molecular weight is 990 g/mol. The Morgan fingerprint density at radius 3 is 1.99 bits per heavy atom. The Morgan fingerprint density at radius 1 is 0.746 bits per heavy atom. The van der Waals surface area contributed by atoms with Crippen molar-refractivity contribution < 1.29 is 39.2 Å². The maximum Gasteiger partial charge on any atom is 0.343 e. The second-order valence-corrected chi connectivity index (χ2v) is 19.0. The number of halogens is 1. The van der Waals surface area contributed by atoms with Crippen molar-refractivity contribution in [3.05, 3.63) is 108 Å². The van der Waals surface area contributed by atoms with Gasteiger partial charge in [-0.1, -0.05) is 65.5 Å². The summed E-state index contributed by atoms with van der Waals surface area (Å²) in [4.78, 5) is 80.0. The summed E-state index contributed by atoms with van der Waals surface area (Å²) in [6, 6.07) is 14.6. The highest BCUT2D eigenvalue weighted by Crippen LogP contribution is 2.47. The van der Waals surface area contributed by atoms with E-state index < -0.39 is 40.3 Å². The summed E-state index contributed by atoms with van der Waals surface area (Å²) < 4.78 is 13.0. The number of fused-ring (bicyclic) bond motifs is 8. The molecule has 9 heterocycles. The summed E-state index contributed by atoms with van der Waals surface area (Å²) in [6.45, 7) is 9.44. The smallest absolute Gasteiger partial charge is 0.343 e. The van der Waals surface area contributed by atoms with Crippen molar-refractivity contribution in [3.63, 3.8) is 0 Å². The Labute approximate surface area is 414 Å². The quantitative estimate of drug-likeness (QED) is 0.0497. The molecule has 0 aliphatic carbocycles. The van der Waals surface area contributed by atoms with Crippen LogP contribution in [-0.4, -0.2) is 83.2 Å². The van der Waals surface area contributed by atoms with Gasteiger partial charge < -0.3 is 49.5 Å². The van der Waals surface area contributed by atoms with E-state index >= 15 is 0 Å². The van der Waals surface area contributed by atoms with E-state index in [1.807, 2.05) is 41.6 Å². The van der Waals surface area contributed by atoms with Crippen molar-refractivity contribution in [2.45, 2.75) is 128 Å². The molecule has 372 valence electrons. The molecule has 6 aliphatic heterocycles. The third-order valence-electron chi connectivity index (χ3n) is 14.3. The molecule has 0 radical (unpaired) electrons. The van der Waals surface area contributed by atoms with Gasteiger partial charge in [-0.05, 0) is 62.1 Å². The molecule has 6 aliphatic rings. The number of aliphatic hydroxyl groups is 3. The molecule has 0 amide bonds. The third-order valence-corrected chi connectivity index (χ3v) is 14.6. The molecule has 0 bridgehead atoms. The zero-order chi connectivity index (χ0) is 50.5. The topological polar surface area (TPSA) is 244 Å². The largest absolute Gasteiger partial charge is 0.458 e. The number of ether oxygens (including phenoxy) is 2. The maximum absolute atomic E-state index is 13.5. The number of nitrogens with two attached hydrogens (primary N) is 1. The molecule has 0 spiro atoms. The molecular formula is C52H57ClN8O10. The van der Waals surface area contributed by atoms with E-state index in [1.54, 1.807) is 36.9 Å². The van der Waals surface area contributed by atoms with Crippen LogP contribution in [0.1, 0.15) is 129 Å². The van der Waals surface area contributed by atoms with Gasteiger partial charge in [-0.25, -0.2) is 24.6 Å². The first-order chi connectivity index (χ1) is 34.1. The van der Waals surface area contributed by atoms with Gasteiger partial charge in [-0.2, -0.15) is 0 Å². The Hall–Kier alpha value is -6.73. The van der Waals surface area contributed by atoms with Gasteiger partial charge in [-0.3, -0.25) is 14.4 Å². The van der Waals surface area contributed by atoms with Crippen LogP contribution in [0.4, 0.5) is 22.7 Å². The SMILES string of the molecule is CCCCCN1C=Nc2cccc(N)c2C1O.CCCCCN1C=Nc2cccc3nc4c(c1c23)Cn1c-4cc2c(c1=O)COC(=O)[C@]2(O)CC.CC[C@@]1(O)C(=O)OCc2c1cc1n(c2=O)CC(Cl)C1=O. The van der Waals surface area contributed by atoms with Gasteiger partial charge in [0.15, 0.2) is 23.2 Å². The normalized spacial score (nSPS) is 21.7. The van der Waals surface area contributed by atoms with Crippen molar-refractivity contribution in [1.29, 1.82) is 0 Å². The lowest BCUT2D eigenvalue weighted by molar-refractivity contribution is -0.172. The number of carbonyl (C=O) groups is 3. The van der Waals surface area contributed by atoms with E-state index in [4.69, 9.17) is 31.8 Å². The Bertz CT molecular complexity index is 3190. The van der Waals surface area contributed by atoms with Crippen LogP contribution < -0.4 is 21.8 Å². The summed E-state index contributed by atoms with van der Waals surface area (Å²) >= 11 is 5.87. The van der Waals surface area contributed by atoms with Crippen molar-refractivity contribution in [2.75, 3.05) is 23.7 Å². The van der Waals surface area contributed by atoms with Crippen LogP contribution in [0.5, 0.6) is 0 Å². The Kier molecular flexibility index (Phi) is 13.5. The number of hydrogen-bond acceptors (Lipinski definition) is 16. The molecule has 4 atom stereocenters. The van der Waals surface area contributed by atoms with Crippen LogP contribution in [0.2, 0.25) is 0 Å². The maximum atomic E-state index is 13.5. The zero-order valence-electron chi connectivity index (χ0n) is 40.1. The highest BCUT2D eigenvalue weighted by atomic mass is 35.5. The number of aliphatic imine (C=N–C) groups is 2. The van der Waals surface area contributed by atoms with Gasteiger partial charge in [0.25, 0.3) is 11.1 Å². The van der Waals surface area contributed by atoms with Crippen LogP contribution in [0.3, 0.4) is 0 Å².